The Morgan fingerprint density at radius 2 is 2.26 bits per heavy atom. The molecule has 0 bridgehead atoms. The van der Waals surface area contributed by atoms with E-state index in [4.69, 9.17) is 13.9 Å². The van der Waals surface area contributed by atoms with E-state index in [1.165, 1.54) is 6.33 Å². The van der Waals surface area contributed by atoms with Gasteiger partial charge in [0, 0.05) is 5.39 Å². The number of fused-ring (bicyclic) bond motifs is 1. The van der Waals surface area contributed by atoms with Crippen molar-refractivity contribution in [2.75, 3.05) is 6.61 Å². The SMILES string of the molecule is CCCC1COC(Cc2ncn[nH]2)(c2cc3ccccc3o2)O1. The number of H-pyrrole nitrogens is 1. The lowest BCUT2D eigenvalue weighted by Gasteiger charge is -2.24. The zero-order chi connectivity index (χ0) is 15.7. The molecule has 2 atom stereocenters. The lowest BCUT2D eigenvalue weighted by molar-refractivity contribution is -0.189. The van der Waals surface area contributed by atoms with Gasteiger partial charge in [-0.15, -0.1) is 0 Å². The van der Waals surface area contributed by atoms with Gasteiger partial charge in [0.15, 0.2) is 5.76 Å². The minimum Gasteiger partial charge on any atom is -0.455 e. The first-order valence-corrected chi connectivity index (χ1v) is 7.94. The molecule has 120 valence electrons. The molecule has 23 heavy (non-hydrogen) atoms. The minimum atomic E-state index is -0.946. The van der Waals surface area contributed by atoms with Gasteiger partial charge in [-0.05, 0) is 18.6 Å². The van der Waals surface area contributed by atoms with Crippen LogP contribution >= 0.6 is 0 Å². The van der Waals surface area contributed by atoms with E-state index in [1.54, 1.807) is 0 Å². The van der Waals surface area contributed by atoms with Crippen molar-refractivity contribution in [3.8, 4) is 0 Å². The van der Waals surface area contributed by atoms with Crippen LogP contribution in [0.5, 0.6) is 0 Å². The van der Waals surface area contributed by atoms with Crippen molar-refractivity contribution >= 4 is 11.0 Å². The van der Waals surface area contributed by atoms with Crippen LogP contribution in [0.1, 0.15) is 31.4 Å². The topological polar surface area (TPSA) is 73.2 Å². The Bertz CT molecular complexity index is 750. The van der Waals surface area contributed by atoms with E-state index in [2.05, 4.69) is 22.1 Å². The third-order valence-electron chi connectivity index (χ3n) is 4.14. The minimum absolute atomic E-state index is 0.0659. The quantitative estimate of drug-likeness (QED) is 0.783. The highest BCUT2D eigenvalue weighted by molar-refractivity contribution is 5.77. The number of ether oxygens (including phenoxy) is 2. The van der Waals surface area contributed by atoms with Crippen LogP contribution in [0.3, 0.4) is 0 Å². The molecule has 2 aromatic heterocycles. The van der Waals surface area contributed by atoms with Crippen molar-refractivity contribution in [1.82, 2.24) is 15.2 Å². The predicted molar refractivity (Wildman–Crippen MR) is 83.7 cm³/mol. The largest absolute Gasteiger partial charge is 0.455 e. The maximum Gasteiger partial charge on any atom is 0.236 e. The van der Waals surface area contributed by atoms with Gasteiger partial charge in [0.05, 0.1) is 19.1 Å². The number of aromatic nitrogens is 3. The second-order valence-corrected chi connectivity index (χ2v) is 5.85. The van der Waals surface area contributed by atoms with Crippen LogP contribution in [-0.4, -0.2) is 27.9 Å². The number of nitrogens with one attached hydrogen (secondary N) is 1. The molecule has 1 saturated heterocycles. The third-order valence-corrected chi connectivity index (χ3v) is 4.14. The molecule has 6 nitrogen and oxygen atoms in total. The van der Waals surface area contributed by atoms with Crippen LogP contribution in [-0.2, 0) is 21.7 Å². The molecule has 0 saturated carbocycles. The number of rotatable bonds is 5. The summed E-state index contributed by atoms with van der Waals surface area (Å²) in [5, 5.41) is 7.82. The van der Waals surface area contributed by atoms with Crippen molar-refractivity contribution in [1.29, 1.82) is 0 Å². The third kappa shape index (κ3) is 2.64. The van der Waals surface area contributed by atoms with Gasteiger partial charge in [0.25, 0.3) is 0 Å². The first-order valence-electron chi connectivity index (χ1n) is 7.94. The van der Waals surface area contributed by atoms with Crippen LogP contribution in [0.2, 0.25) is 0 Å². The number of aromatic amines is 1. The normalized spacial score (nSPS) is 24.5. The summed E-state index contributed by atoms with van der Waals surface area (Å²) in [5.74, 6) is 0.439. The highest BCUT2D eigenvalue weighted by Gasteiger charge is 2.46. The Kier molecular flexibility index (Phi) is 3.63. The molecule has 0 aliphatic carbocycles. The first kappa shape index (κ1) is 14.4. The van der Waals surface area contributed by atoms with E-state index in [-0.39, 0.29) is 6.10 Å². The van der Waals surface area contributed by atoms with E-state index >= 15 is 0 Å². The fourth-order valence-corrected chi connectivity index (χ4v) is 3.04. The smallest absolute Gasteiger partial charge is 0.236 e. The van der Waals surface area contributed by atoms with Crippen LogP contribution in [0.4, 0.5) is 0 Å². The van der Waals surface area contributed by atoms with Crippen LogP contribution in [0.25, 0.3) is 11.0 Å². The fraction of sp³-hybridized carbons (Fsp3) is 0.412. The Hall–Kier alpha value is -2.18. The molecule has 0 amide bonds. The zero-order valence-electron chi connectivity index (χ0n) is 13.0. The fourth-order valence-electron chi connectivity index (χ4n) is 3.04. The van der Waals surface area contributed by atoms with Crippen molar-refractivity contribution < 1.29 is 13.9 Å². The summed E-state index contributed by atoms with van der Waals surface area (Å²) >= 11 is 0. The molecule has 1 aliphatic rings. The van der Waals surface area contributed by atoms with E-state index < -0.39 is 5.79 Å². The van der Waals surface area contributed by atoms with Crippen LogP contribution < -0.4 is 0 Å². The van der Waals surface area contributed by atoms with E-state index in [9.17, 15) is 0 Å². The zero-order valence-corrected chi connectivity index (χ0v) is 13.0. The molecule has 1 fully saturated rings. The Balaban J connectivity index is 1.72. The number of furan rings is 1. The predicted octanol–water partition coefficient (Wildman–Crippen LogP) is 3.16. The Morgan fingerprint density at radius 1 is 1.35 bits per heavy atom. The molecule has 6 heteroatoms. The summed E-state index contributed by atoms with van der Waals surface area (Å²) in [6, 6.07) is 9.89. The summed E-state index contributed by atoms with van der Waals surface area (Å²) in [7, 11) is 0. The van der Waals surface area contributed by atoms with E-state index in [0.717, 1.165) is 23.8 Å². The summed E-state index contributed by atoms with van der Waals surface area (Å²) < 4.78 is 18.4. The molecule has 4 rings (SSSR count). The standard InChI is InChI=1S/C17H19N3O3/c1-2-5-13-10-21-17(23-13,9-16-18-11-19-20-16)15-8-12-6-3-4-7-14(12)22-15/h3-4,6-8,11,13H,2,5,9-10H2,1H3,(H,18,19,20). The van der Waals surface area contributed by atoms with Crippen molar-refractivity contribution in [2.24, 2.45) is 0 Å². The van der Waals surface area contributed by atoms with Gasteiger partial charge < -0.3 is 13.9 Å². The van der Waals surface area contributed by atoms with Gasteiger partial charge in [-0.25, -0.2) is 4.98 Å². The lowest BCUT2D eigenvalue weighted by atomic mass is 10.1. The molecular formula is C17H19N3O3. The molecule has 0 spiro atoms. The van der Waals surface area contributed by atoms with Gasteiger partial charge in [-0.3, -0.25) is 5.10 Å². The van der Waals surface area contributed by atoms with Gasteiger partial charge in [0.2, 0.25) is 5.79 Å². The van der Waals surface area contributed by atoms with Gasteiger partial charge in [0.1, 0.15) is 17.7 Å². The average molecular weight is 313 g/mol. The second-order valence-electron chi connectivity index (χ2n) is 5.85. The summed E-state index contributed by atoms with van der Waals surface area (Å²) in [6.45, 7) is 2.69. The Morgan fingerprint density at radius 3 is 3.04 bits per heavy atom. The monoisotopic (exact) mass is 313 g/mol. The van der Waals surface area contributed by atoms with Crippen molar-refractivity contribution in [3.63, 3.8) is 0 Å². The summed E-state index contributed by atoms with van der Waals surface area (Å²) in [5.41, 5.74) is 0.825. The van der Waals surface area contributed by atoms with E-state index in [1.807, 2.05) is 30.3 Å². The van der Waals surface area contributed by atoms with Gasteiger partial charge in [-0.1, -0.05) is 31.5 Å². The molecule has 3 heterocycles. The Labute approximate surface area is 133 Å². The summed E-state index contributed by atoms with van der Waals surface area (Å²) in [4.78, 5) is 4.21. The average Bonchev–Trinajstić information content (AvgIpc) is 3.28. The molecule has 1 N–H and O–H groups in total. The molecule has 2 unspecified atom stereocenters. The molecule has 1 aliphatic heterocycles. The van der Waals surface area contributed by atoms with E-state index in [0.29, 0.717) is 24.6 Å². The highest BCUT2D eigenvalue weighted by Crippen LogP contribution is 2.40. The molecule has 3 aromatic rings. The first-order chi connectivity index (χ1) is 11.3. The molecule has 0 radical (unpaired) electrons. The number of hydrogen-bond acceptors (Lipinski definition) is 5. The number of hydrogen-bond donors (Lipinski definition) is 1. The highest BCUT2D eigenvalue weighted by atomic mass is 16.8. The van der Waals surface area contributed by atoms with Crippen molar-refractivity contribution in [3.05, 3.63) is 48.2 Å². The van der Waals surface area contributed by atoms with Crippen molar-refractivity contribution in [2.45, 2.75) is 38.1 Å². The molecule has 1 aromatic carbocycles. The summed E-state index contributed by atoms with van der Waals surface area (Å²) in [6.07, 6.45) is 3.99. The lowest BCUT2D eigenvalue weighted by Crippen LogP contribution is -2.31. The van der Waals surface area contributed by atoms with Gasteiger partial charge in [-0.2, -0.15) is 5.10 Å². The maximum absolute atomic E-state index is 6.27. The number of benzene rings is 1. The second kappa shape index (κ2) is 5.79. The van der Waals surface area contributed by atoms with Crippen LogP contribution in [0.15, 0.2) is 41.1 Å². The van der Waals surface area contributed by atoms with Crippen LogP contribution in [0, 0.1) is 0 Å². The number of para-hydroxylation sites is 1. The van der Waals surface area contributed by atoms with Gasteiger partial charge >= 0.3 is 0 Å². The maximum atomic E-state index is 6.27. The molecular weight excluding hydrogens is 294 g/mol. The number of nitrogens with zero attached hydrogens (tertiary/aromatic N) is 2.